The van der Waals surface area contributed by atoms with Crippen LogP contribution in [0.3, 0.4) is 0 Å². The Hall–Kier alpha value is -3.79. The molecule has 1 aromatic heterocycles. The first kappa shape index (κ1) is 20.5. The molecule has 1 N–H and O–H groups in total. The average Bonchev–Trinajstić information content (AvgIpc) is 3.09. The van der Waals surface area contributed by atoms with Crippen LogP contribution in [0.15, 0.2) is 66.9 Å². The number of amides is 1. The lowest BCUT2D eigenvalue weighted by Crippen LogP contribution is -2.26. The van der Waals surface area contributed by atoms with Crippen molar-refractivity contribution in [3.8, 4) is 23.0 Å². The van der Waals surface area contributed by atoms with Crippen molar-refractivity contribution in [3.05, 3.63) is 89.2 Å². The first-order valence-corrected chi connectivity index (χ1v) is 9.54. The van der Waals surface area contributed by atoms with Crippen LogP contribution in [-0.2, 0) is 10.9 Å². The van der Waals surface area contributed by atoms with E-state index in [1.165, 1.54) is 6.07 Å². The first-order chi connectivity index (χ1) is 14.9. The molecule has 0 aliphatic heterocycles. The van der Waals surface area contributed by atoms with Crippen molar-refractivity contribution in [2.45, 2.75) is 12.1 Å². The molecule has 4 rings (SSSR count). The van der Waals surface area contributed by atoms with Crippen LogP contribution in [0.4, 0.5) is 18.0 Å². The van der Waals surface area contributed by atoms with Gasteiger partial charge in [0.05, 0.1) is 12.1 Å². The molecule has 7 heteroatoms. The second-order valence-corrected chi connectivity index (χ2v) is 6.91. The Morgan fingerprint density at radius 1 is 1.00 bits per heavy atom. The van der Waals surface area contributed by atoms with E-state index in [1.807, 2.05) is 36.4 Å². The van der Waals surface area contributed by atoms with Gasteiger partial charge in [0.2, 0.25) is 0 Å². The summed E-state index contributed by atoms with van der Waals surface area (Å²) in [6.45, 7) is 0.174. The molecular formula is C24H17F3N2O2. The summed E-state index contributed by atoms with van der Waals surface area (Å²) >= 11 is 0. The van der Waals surface area contributed by atoms with Gasteiger partial charge in [-0.25, -0.2) is 9.78 Å². The van der Waals surface area contributed by atoms with Crippen LogP contribution in [0.2, 0.25) is 0 Å². The van der Waals surface area contributed by atoms with Gasteiger partial charge in [-0.15, -0.1) is 0 Å². The number of hydrogen-bond donors (Lipinski definition) is 1. The highest BCUT2D eigenvalue weighted by Crippen LogP contribution is 2.44. The fraction of sp³-hybridized carbons (Fsp3) is 0.167. The van der Waals surface area contributed by atoms with E-state index in [0.29, 0.717) is 0 Å². The summed E-state index contributed by atoms with van der Waals surface area (Å²) in [5, 5.41) is 2.52. The maximum Gasteiger partial charge on any atom is 0.417 e. The molecule has 0 fully saturated rings. The van der Waals surface area contributed by atoms with Crippen LogP contribution in [0, 0.1) is 11.8 Å². The number of pyridine rings is 1. The number of halogens is 3. The highest BCUT2D eigenvalue weighted by Gasteiger charge is 2.30. The third-order valence-corrected chi connectivity index (χ3v) is 4.97. The fourth-order valence-corrected chi connectivity index (χ4v) is 3.54. The number of aromatic nitrogens is 1. The van der Waals surface area contributed by atoms with Crippen molar-refractivity contribution < 1.29 is 22.7 Å². The maximum absolute atomic E-state index is 12.5. The molecule has 1 heterocycles. The average molecular weight is 422 g/mol. The lowest BCUT2D eigenvalue weighted by Gasteiger charge is -2.14. The summed E-state index contributed by atoms with van der Waals surface area (Å²) in [5.74, 6) is 5.21. The monoisotopic (exact) mass is 422 g/mol. The van der Waals surface area contributed by atoms with Crippen LogP contribution >= 0.6 is 0 Å². The number of fused-ring (bicyclic) bond motifs is 3. The Kier molecular flexibility index (Phi) is 5.63. The van der Waals surface area contributed by atoms with Gasteiger partial charge in [0.15, 0.2) is 0 Å². The van der Waals surface area contributed by atoms with Gasteiger partial charge < -0.3 is 10.1 Å². The Labute approximate surface area is 177 Å². The molecule has 0 spiro atoms. The quantitative estimate of drug-likeness (QED) is 0.605. The van der Waals surface area contributed by atoms with E-state index in [1.54, 1.807) is 0 Å². The number of nitrogens with zero attached hydrogens (tertiary/aromatic N) is 1. The molecular weight excluding hydrogens is 405 g/mol. The number of hydrogen-bond acceptors (Lipinski definition) is 3. The Morgan fingerprint density at radius 2 is 1.65 bits per heavy atom. The molecule has 0 unspecified atom stereocenters. The molecule has 4 nitrogen and oxygen atoms in total. The van der Waals surface area contributed by atoms with E-state index < -0.39 is 17.8 Å². The van der Waals surface area contributed by atoms with Crippen LogP contribution in [0.5, 0.6) is 0 Å². The molecule has 1 aliphatic rings. The van der Waals surface area contributed by atoms with Gasteiger partial charge in [0.1, 0.15) is 12.3 Å². The standard InChI is InChI=1S/C24H17F3N2O2/c25-24(26,27)16-11-12-17(29-14-16)6-5-13-28-23(30)31-15-22-20-9-3-1-7-18(20)19-8-2-4-10-21(19)22/h1-4,7-12,14,22H,13,15H2,(H,28,30). The van der Waals surface area contributed by atoms with E-state index in [-0.39, 0.29) is 24.8 Å². The largest absolute Gasteiger partial charge is 0.449 e. The van der Waals surface area contributed by atoms with Crippen LogP contribution in [0.25, 0.3) is 11.1 Å². The van der Waals surface area contributed by atoms with Crippen molar-refractivity contribution in [1.82, 2.24) is 10.3 Å². The van der Waals surface area contributed by atoms with Crippen LogP contribution < -0.4 is 5.32 Å². The zero-order valence-corrected chi connectivity index (χ0v) is 16.2. The van der Waals surface area contributed by atoms with E-state index in [4.69, 9.17) is 4.74 Å². The molecule has 0 saturated carbocycles. The molecule has 1 amide bonds. The fourth-order valence-electron chi connectivity index (χ4n) is 3.54. The predicted molar refractivity (Wildman–Crippen MR) is 109 cm³/mol. The minimum atomic E-state index is -4.44. The van der Waals surface area contributed by atoms with Crippen molar-refractivity contribution in [3.63, 3.8) is 0 Å². The lowest BCUT2D eigenvalue weighted by molar-refractivity contribution is -0.137. The minimum absolute atomic E-state index is 0.0145. The number of nitrogens with one attached hydrogen (secondary N) is 1. The van der Waals surface area contributed by atoms with E-state index in [0.717, 1.165) is 34.5 Å². The smallest absolute Gasteiger partial charge is 0.417 e. The molecule has 31 heavy (non-hydrogen) atoms. The number of alkyl carbamates (subject to hydrolysis) is 1. The van der Waals surface area contributed by atoms with Gasteiger partial charge in [-0.1, -0.05) is 54.5 Å². The molecule has 0 radical (unpaired) electrons. The molecule has 0 atom stereocenters. The molecule has 1 aliphatic carbocycles. The highest BCUT2D eigenvalue weighted by atomic mass is 19.4. The zero-order valence-electron chi connectivity index (χ0n) is 16.2. The normalized spacial score (nSPS) is 12.4. The van der Waals surface area contributed by atoms with Crippen molar-refractivity contribution >= 4 is 6.09 Å². The summed E-state index contributed by atoms with van der Waals surface area (Å²) < 4.78 is 43.0. The topological polar surface area (TPSA) is 51.2 Å². The number of rotatable bonds is 3. The Morgan fingerprint density at radius 3 is 2.23 bits per heavy atom. The highest BCUT2D eigenvalue weighted by molar-refractivity contribution is 5.79. The molecule has 2 aromatic carbocycles. The Bertz CT molecular complexity index is 1120. The first-order valence-electron chi connectivity index (χ1n) is 9.54. The van der Waals surface area contributed by atoms with E-state index >= 15 is 0 Å². The predicted octanol–water partition coefficient (Wildman–Crippen LogP) is 4.99. The number of alkyl halides is 3. The number of carbonyl (C=O) groups excluding carboxylic acids is 1. The third kappa shape index (κ3) is 4.53. The number of benzene rings is 2. The SMILES string of the molecule is O=C(NCC#Cc1ccc(C(F)(F)F)cn1)OCC1c2ccccc2-c2ccccc21. The summed E-state index contributed by atoms with van der Waals surface area (Å²) in [5.41, 5.74) is 3.86. The van der Waals surface area contributed by atoms with Gasteiger partial charge in [-0.3, -0.25) is 0 Å². The molecule has 156 valence electrons. The van der Waals surface area contributed by atoms with Crippen molar-refractivity contribution in [1.29, 1.82) is 0 Å². The zero-order chi connectivity index (χ0) is 21.8. The van der Waals surface area contributed by atoms with Gasteiger partial charge in [-0.05, 0) is 40.3 Å². The van der Waals surface area contributed by atoms with E-state index in [9.17, 15) is 18.0 Å². The molecule has 0 bridgehead atoms. The van der Waals surface area contributed by atoms with Crippen molar-refractivity contribution in [2.75, 3.05) is 13.2 Å². The number of ether oxygens (including phenoxy) is 1. The van der Waals surface area contributed by atoms with E-state index in [2.05, 4.69) is 34.3 Å². The lowest BCUT2D eigenvalue weighted by atomic mass is 9.98. The minimum Gasteiger partial charge on any atom is -0.449 e. The van der Waals surface area contributed by atoms with Gasteiger partial charge in [0.25, 0.3) is 0 Å². The molecule has 3 aromatic rings. The van der Waals surface area contributed by atoms with Gasteiger partial charge in [-0.2, -0.15) is 13.2 Å². The second kappa shape index (κ2) is 8.52. The third-order valence-electron chi connectivity index (χ3n) is 4.97. The maximum atomic E-state index is 12.5. The number of carbonyl (C=O) groups is 1. The van der Waals surface area contributed by atoms with Crippen LogP contribution in [0.1, 0.15) is 28.3 Å². The van der Waals surface area contributed by atoms with Crippen LogP contribution in [-0.4, -0.2) is 24.2 Å². The summed E-state index contributed by atoms with van der Waals surface area (Å²) in [6, 6.07) is 18.2. The van der Waals surface area contributed by atoms with Gasteiger partial charge >= 0.3 is 12.3 Å². The summed E-state index contributed by atoms with van der Waals surface area (Å²) in [7, 11) is 0. The summed E-state index contributed by atoms with van der Waals surface area (Å²) in [6.07, 6.45) is -4.33. The van der Waals surface area contributed by atoms with Gasteiger partial charge in [0, 0.05) is 12.1 Å². The molecule has 0 saturated heterocycles. The van der Waals surface area contributed by atoms with Crippen molar-refractivity contribution in [2.24, 2.45) is 0 Å². The second-order valence-electron chi connectivity index (χ2n) is 6.91. The Balaban J connectivity index is 1.31. The summed E-state index contributed by atoms with van der Waals surface area (Å²) in [4.78, 5) is 15.7.